The van der Waals surface area contributed by atoms with Crippen LogP contribution in [-0.4, -0.2) is 41.9 Å². The highest BCUT2D eigenvalue weighted by atomic mass is 16.2. The number of nitrogens with zero attached hydrogens (tertiary/aromatic N) is 2. The summed E-state index contributed by atoms with van der Waals surface area (Å²) in [4.78, 5) is 17.7. The van der Waals surface area contributed by atoms with Crippen LogP contribution in [0.5, 0.6) is 0 Å². The first kappa shape index (κ1) is 17.1. The lowest BCUT2D eigenvalue weighted by Gasteiger charge is -2.55. The lowest BCUT2D eigenvalue weighted by atomic mass is 9.71. The van der Waals surface area contributed by atoms with Gasteiger partial charge in [-0.3, -0.25) is 9.69 Å². The van der Waals surface area contributed by atoms with Crippen molar-refractivity contribution in [2.45, 2.75) is 57.9 Å². The van der Waals surface area contributed by atoms with Crippen LogP contribution in [0.15, 0.2) is 30.3 Å². The summed E-state index contributed by atoms with van der Waals surface area (Å²) in [5.74, 6) is 1.21. The van der Waals surface area contributed by atoms with E-state index in [1.807, 2.05) is 0 Å². The number of hydrogen-bond acceptors (Lipinski definition) is 2. The lowest BCUT2D eigenvalue weighted by Crippen LogP contribution is -2.67. The SMILES string of the molecule is C[C@H](c1ccccc1)N1CCC[C@]2(CN(CC3CCCCC3)C2=O)C1. The van der Waals surface area contributed by atoms with Crippen LogP contribution >= 0.6 is 0 Å². The highest BCUT2D eigenvalue weighted by molar-refractivity contribution is 5.89. The summed E-state index contributed by atoms with van der Waals surface area (Å²) in [7, 11) is 0. The monoisotopic (exact) mass is 340 g/mol. The van der Waals surface area contributed by atoms with Gasteiger partial charge >= 0.3 is 0 Å². The molecule has 2 aliphatic heterocycles. The van der Waals surface area contributed by atoms with Gasteiger partial charge in [0.05, 0.1) is 5.41 Å². The minimum atomic E-state index is -0.0735. The second kappa shape index (κ2) is 7.11. The van der Waals surface area contributed by atoms with E-state index in [0.29, 0.717) is 11.9 Å². The van der Waals surface area contributed by atoms with Crippen molar-refractivity contribution in [2.24, 2.45) is 11.3 Å². The number of hydrogen-bond donors (Lipinski definition) is 0. The molecule has 0 bridgehead atoms. The molecular formula is C22H32N2O. The third-order valence-electron chi connectivity index (χ3n) is 6.87. The second-order valence-electron chi connectivity index (χ2n) is 8.63. The first-order valence-electron chi connectivity index (χ1n) is 10.3. The molecule has 0 unspecified atom stereocenters. The maximum absolute atomic E-state index is 13.0. The number of rotatable bonds is 4. The van der Waals surface area contributed by atoms with Gasteiger partial charge in [-0.05, 0) is 50.6 Å². The van der Waals surface area contributed by atoms with E-state index in [4.69, 9.17) is 0 Å². The van der Waals surface area contributed by atoms with Gasteiger partial charge in [0, 0.05) is 25.7 Å². The Kier molecular flexibility index (Phi) is 4.86. The van der Waals surface area contributed by atoms with Crippen LogP contribution < -0.4 is 0 Å². The third kappa shape index (κ3) is 3.36. The minimum absolute atomic E-state index is 0.0735. The quantitative estimate of drug-likeness (QED) is 0.765. The maximum Gasteiger partial charge on any atom is 0.231 e. The van der Waals surface area contributed by atoms with E-state index in [0.717, 1.165) is 44.9 Å². The third-order valence-corrected chi connectivity index (χ3v) is 6.87. The summed E-state index contributed by atoms with van der Waals surface area (Å²) in [6, 6.07) is 11.1. The van der Waals surface area contributed by atoms with Crippen LogP contribution in [0.3, 0.4) is 0 Å². The average molecular weight is 341 g/mol. The van der Waals surface area contributed by atoms with Gasteiger partial charge in [0.2, 0.25) is 5.91 Å². The molecule has 0 radical (unpaired) electrons. The number of carbonyl (C=O) groups excluding carboxylic acids is 1. The number of β-lactam (4-membered cyclic amide) rings is 1. The molecule has 1 aromatic carbocycles. The molecule has 0 N–H and O–H groups in total. The molecule has 3 fully saturated rings. The van der Waals surface area contributed by atoms with E-state index < -0.39 is 0 Å². The molecule has 4 rings (SSSR count). The number of benzene rings is 1. The van der Waals surface area contributed by atoms with Gasteiger partial charge in [-0.1, -0.05) is 49.6 Å². The van der Waals surface area contributed by atoms with Crippen LogP contribution in [0.1, 0.15) is 63.5 Å². The van der Waals surface area contributed by atoms with Gasteiger partial charge in [-0.2, -0.15) is 0 Å². The summed E-state index contributed by atoms with van der Waals surface area (Å²) in [6.45, 7) is 6.38. The first-order valence-corrected chi connectivity index (χ1v) is 10.3. The first-order chi connectivity index (χ1) is 12.2. The summed E-state index contributed by atoms with van der Waals surface area (Å²) >= 11 is 0. The highest BCUT2D eigenvalue weighted by Gasteiger charge is 2.54. The Labute approximate surface area is 152 Å². The summed E-state index contributed by atoms with van der Waals surface area (Å²) in [6.07, 6.45) is 9.01. The molecule has 1 saturated carbocycles. The van der Waals surface area contributed by atoms with Crippen molar-refractivity contribution < 1.29 is 4.79 Å². The van der Waals surface area contributed by atoms with Crippen LogP contribution in [0.2, 0.25) is 0 Å². The molecule has 3 aliphatic rings. The molecule has 136 valence electrons. The zero-order valence-corrected chi connectivity index (χ0v) is 15.6. The van der Waals surface area contributed by atoms with Gasteiger partial charge in [-0.25, -0.2) is 0 Å². The largest absolute Gasteiger partial charge is 0.341 e. The highest BCUT2D eigenvalue weighted by Crippen LogP contribution is 2.43. The fourth-order valence-corrected chi connectivity index (χ4v) is 5.32. The molecule has 2 atom stereocenters. The Bertz CT molecular complexity index is 595. The molecule has 1 amide bonds. The number of piperidine rings is 1. The Morgan fingerprint density at radius 2 is 1.84 bits per heavy atom. The van der Waals surface area contributed by atoms with Gasteiger partial charge < -0.3 is 4.90 Å². The topological polar surface area (TPSA) is 23.6 Å². The standard InChI is InChI=1S/C22H32N2O/c1-18(20-11-6-3-7-12-20)23-14-8-13-22(16-23)17-24(21(22)25)15-19-9-4-2-5-10-19/h3,6-7,11-12,18-19H,2,4-5,8-10,13-17H2,1H3/t18-,22-/m1/s1. The lowest BCUT2D eigenvalue weighted by molar-refractivity contribution is -0.168. The van der Waals surface area contributed by atoms with Gasteiger partial charge in [0.15, 0.2) is 0 Å². The Balaban J connectivity index is 1.37. The maximum atomic E-state index is 13.0. The van der Waals surface area contributed by atoms with E-state index in [2.05, 4.69) is 47.1 Å². The van der Waals surface area contributed by atoms with Gasteiger partial charge in [0.1, 0.15) is 0 Å². The molecule has 2 saturated heterocycles. The van der Waals surface area contributed by atoms with Gasteiger partial charge in [0.25, 0.3) is 0 Å². The molecule has 3 heteroatoms. The van der Waals surface area contributed by atoms with Crippen LogP contribution in [0, 0.1) is 11.3 Å². The fraction of sp³-hybridized carbons (Fsp3) is 0.682. The molecular weight excluding hydrogens is 308 g/mol. The summed E-state index contributed by atoms with van der Waals surface area (Å²) in [5, 5.41) is 0. The molecule has 0 aromatic heterocycles. The Morgan fingerprint density at radius 3 is 2.56 bits per heavy atom. The smallest absolute Gasteiger partial charge is 0.231 e. The van der Waals surface area contributed by atoms with Crippen molar-refractivity contribution in [3.63, 3.8) is 0 Å². The zero-order chi connectivity index (χ0) is 17.3. The number of carbonyl (C=O) groups is 1. The molecule has 3 nitrogen and oxygen atoms in total. The molecule has 1 spiro atoms. The normalized spacial score (nSPS) is 29.6. The molecule has 1 aromatic rings. The Morgan fingerprint density at radius 1 is 1.08 bits per heavy atom. The van der Waals surface area contributed by atoms with E-state index in [-0.39, 0.29) is 5.41 Å². The number of likely N-dealkylation sites (tertiary alicyclic amines) is 2. The second-order valence-corrected chi connectivity index (χ2v) is 8.63. The summed E-state index contributed by atoms with van der Waals surface area (Å²) in [5.41, 5.74) is 1.29. The predicted molar refractivity (Wildman–Crippen MR) is 101 cm³/mol. The average Bonchev–Trinajstić information content (AvgIpc) is 2.68. The van der Waals surface area contributed by atoms with Crippen molar-refractivity contribution in [3.05, 3.63) is 35.9 Å². The van der Waals surface area contributed by atoms with Crippen LogP contribution in [-0.2, 0) is 4.79 Å². The summed E-state index contributed by atoms with van der Waals surface area (Å²) < 4.78 is 0. The number of amides is 1. The predicted octanol–water partition coefficient (Wildman–Crippen LogP) is 4.25. The van der Waals surface area contributed by atoms with Crippen molar-refractivity contribution in [1.82, 2.24) is 9.80 Å². The van der Waals surface area contributed by atoms with Crippen LogP contribution in [0.25, 0.3) is 0 Å². The van der Waals surface area contributed by atoms with E-state index in [1.54, 1.807) is 0 Å². The van der Waals surface area contributed by atoms with Crippen molar-refractivity contribution in [3.8, 4) is 0 Å². The van der Waals surface area contributed by atoms with Crippen molar-refractivity contribution in [2.75, 3.05) is 26.2 Å². The molecule has 1 aliphatic carbocycles. The fourth-order valence-electron chi connectivity index (χ4n) is 5.32. The van der Waals surface area contributed by atoms with Crippen LogP contribution in [0.4, 0.5) is 0 Å². The zero-order valence-electron chi connectivity index (χ0n) is 15.6. The van der Waals surface area contributed by atoms with Gasteiger partial charge in [-0.15, -0.1) is 0 Å². The van der Waals surface area contributed by atoms with E-state index >= 15 is 0 Å². The van der Waals surface area contributed by atoms with E-state index in [9.17, 15) is 4.79 Å². The van der Waals surface area contributed by atoms with E-state index in [1.165, 1.54) is 37.7 Å². The van der Waals surface area contributed by atoms with Crippen molar-refractivity contribution >= 4 is 5.91 Å². The van der Waals surface area contributed by atoms with Crippen molar-refractivity contribution in [1.29, 1.82) is 0 Å². The Hall–Kier alpha value is -1.35. The molecule has 2 heterocycles. The molecule has 25 heavy (non-hydrogen) atoms. The minimum Gasteiger partial charge on any atom is -0.341 e.